The van der Waals surface area contributed by atoms with Gasteiger partial charge in [-0.3, -0.25) is 4.79 Å². The third-order valence-electron chi connectivity index (χ3n) is 2.57. The van der Waals surface area contributed by atoms with Crippen LogP contribution in [0.5, 0.6) is 5.75 Å². The van der Waals surface area contributed by atoms with Crippen LogP contribution in [0.3, 0.4) is 0 Å². The summed E-state index contributed by atoms with van der Waals surface area (Å²) in [6.07, 6.45) is 1.40. The minimum Gasteiger partial charge on any atom is -0.493 e. The van der Waals surface area contributed by atoms with Crippen molar-refractivity contribution < 1.29 is 9.53 Å². The lowest BCUT2D eigenvalue weighted by Crippen LogP contribution is -2.31. The van der Waals surface area contributed by atoms with Crippen LogP contribution in [0.4, 0.5) is 0 Å². The predicted molar refractivity (Wildman–Crippen MR) is 62.6 cm³/mol. The Morgan fingerprint density at radius 3 is 3.06 bits per heavy atom. The van der Waals surface area contributed by atoms with Crippen molar-refractivity contribution in [2.75, 3.05) is 6.61 Å². The Bertz CT molecular complexity index is 399. The van der Waals surface area contributed by atoms with Crippen molar-refractivity contribution >= 4 is 5.91 Å². The van der Waals surface area contributed by atoms with E-state index in [1.54, 1.807) is 0 Å². The Morgan fingerprint density at radius 2 is 2.31 bits per heavy atom. The van der Waals surface area contributed by atoms with Crippen molar-refractivity contribution in [1.29, 1.82) is 0 Å². The molecule has 0 radical (unpaired) electrons. The van der Waals surface area contributed by atoms with Crippen molar-refractivity contribution in [3.63, 3.8) is 0 Å². The Morgan fingerprint density at radius 1 is 1.50 bits per heavy atom. The molecule has 3 heteroatoms. The molecule has 1 aliphatic heterocycles. The van der Waals surface area contributed by atoms with E-state index in [4.69, 9.17) is 4.74 Å². The summed E-state index contributed by atoms with van der Waals surface area (Å²) in [5, 5.41) is 2.89. The fourth-order valence-electron chi connectivity index (χ4n) is 1.91. The second-order valence-electron chi connectivity index (χ2n) is 4.44. The summed E-state index contributed by atoms with van der Waals surface area (Å²) < 4.78 is 5.42. The highest BCUT2D eigenvalue weighted by molar-refractivity contribution is 5.78. The SMILES string of the molecule is CC(C)NC(=O)Cc1ccc2c(c1)CCO2. The summed E-state index contributed by atoms with van der Waals surface area (Å²) in [5.41, 5.74) is 2.28. The van der Waals surface area contributed by atoms with E-state index in [2.05, 4.69) is 11.4 Å². The largest absolute Gasteiger partial charge is 0.493 e. The quantitative estimate of drug-likeness (QED) is 0.840. The molecule has 1 N–H and O–H groups in total. The highest BCUT2D eigenvalue weighted by Crippen LogP contribution is 2.25. The zero-order valence-electron chi connectivity index (χ0n) is 9.75. The van der Waals surface area contributed by atoms with Crippen LogP contribution in [0, 0.1) is 0 Å². The van der Waals surface area contributed by atoms with Gasteiger partial charge in [0, 0.05) is 12.5 Å². The number of hydrogen-bond acceptors (Lipinski definition) is 2. The Kier molecular flexibility index (Phi) is 3.13. The molecule has 0 fully saturated rings. The maximum absolute atomic E-state index is 11.6. The topological polar surface area (TPSA) is 38.3 Å². The first-order valence-corrected chi connectivity index (χ1v) is 5.69. The van der Waals surface area contributed by atoms with Crippen LogP contribution in [0.1, 0.15) is 25.0 Å². The third kappa shape index (κ3) is 2.54. The van der Waals surface area contributed by atoms with Crippen LogP contribution in [0.25, 0.3) is 0 Å². The highest BCUT2D eigenvalue weighted by Gasteiger charge is 2.13. The maximum atomic E-state index is 11.6. The Balaban J connectivity index is 2.02. The van der Waals surface area contributed by atoms with Crippen LogP contribution in [-0.4, -0.2) is 18.6 Å². The first kappa shape index (κ1) is 11.0. The lowest BCUT2D eigenvalue weighted by atomic mass is 10.1. The molecular formula is C13H17NO2. The summed E-state index contributed by atoms with van der Waals surface area (Å²) in [4.78, 5) is 11.6. The maximum Gasteiger partial charge on any atom is 0.224 e. The Labute approximate surface area is 95.8 Å². The summed E-state index contributed by atoms with van der Waals surface area (Å²) >= 11 is 0. The standard InChI is InChI=1S/C13H17NO2/c1-9(2)14-13(15)8-10-3-4-12-11(7-10)5-6-16-12/h3-4,7,9H,5-6,8H2,1-2H3,(H,14,15). The van der Waals surface area contributed by atoms with Crippen LogP contribution in [-0.2, 0) is 17.6 Å². The van der Waals surface area contributed by atoms with Gasteiger partial charge in [0.2, 0.25) is 5.91 Å². The molecule has 0 aliphatic carbocycles. The number of carbonyl (C=O) groups is 1. The molecule has 0 saturated heterocycles. The Hall–Kier alpha value is -1.51. The molecule has 1 amide bonds. The van der Waals surface area contributed by atoms with E-state index in [1.165, 1.54) is 5.56 Å². The van der Waals surface area contributed by atoms with Crippen LogP contribution >= 0.6 is 0 Å². The fraction of sp³-hybridized carbons (Fsp3) is 0.462. The van der Waals surface area contributed by atoms with Gasteiger partial charge in [-0.25, -0.2) is 0 Å². The van der Waals surface area contributed by atoms with E-state index in [0.29, 0.717) is 6.42 Å². The summed E-state index contributed by atoms with van der Waals surface area (Å²) in [7, 11) is 0. The molecule has 86 valence electrons. The number of nitrogens with one attached hydrogen (secondary N) is 1. The van der Waals surface area contributed by atoms with Gasteiger partial charge in [-0.05, 0) is 31.0 Å². The summed E-state index contributed by atoms with van der Waals surface area (Å²) in [6, 6.07) is 6.19. The van der Waals surface area contributed by atoms with Crippen LogP contribution < -0.4 is 10.1 Å². The van der Waals surface area contributed by atoms with Gasteiger partial charge in [-0.2, -0.15) is 0 Å². The molecule has 0 saturated carbocycles. The molecule has 1 aliphatic rings. The highest BCUT2D eigenvalue weighted by atomic mass is 16.5. The van der Waals surface area contributed by atoms with E-state index in [1.807, 2.05) is 26.0 Å². The zero-order chi connectivity index (χ0) is 11.5. The minimum atomic E-state index is 0.0777. The molecule has 0 aromatic heterocycles. The fourth-order valence-corrected chi connectivity index (χ4v) is 1.91. The number of carbonyl (C=O) groups excluding carboxylic acids is 1. The third-order valence-corrected chi connectivity index (χ3v) is 2.57. The first-order chi connectivity index (χ1) is 7.65. The number of rotatable bonds is 3. The van der Waals surface area contributed by atoms with Gasteiger partial charge >= 0.3 is 0 Å². The monoisotopic (exact) mass is 219 g/mol. The number of ether oxygens (including phenoxy) is 1. The molecule has 1 aromatic rings. The van der Waals surface area contributed by atoms with Gasteiger partial charge in [0.15, 0.2) is 0 Å². The first-order valence-electron chi connectivity index (χ1n) is 5.69. The van der Waals surface area contributed by atoms with Gasteiger partial charge in [0.25, 0.3) is 0 Å². The molecular weight excluding hydrogens is 202 g/mol. The average Bonchev–Trinajstić information content (AvgIpc) is 2.63. The lowest BCUT2D eigenvalue weighted by molar-refractivity contribution is -0.120. The lowest BCUT2D eigenvalue weighted by Gasteiger charge is -2.08. The smallest absolute Gasteiger partial charge is 0.224 e. The molecule has 0 unspecified atom stereocenters. The minimum absolute atomic E-state index is 0.0777. The van der Waals surface area contributed by atoms with Crippen molar-refractivity contribution in [3.05, 3.63) is 29.3 Å². The zero-order valence-corrected chi connectivity index (χ0v) is 9.75. The van der Waals surface area contributed by atoms with Crippen LogP contribution in [0.2, 0.25) is 0 Å². The van der Waals surface area contributed by atoms with E-state index in [-0.39, 0.29) is 11.9 Å². The van der Waals surface area contributed by atoms with Gasteiger partial charge in [0.1, 0.15) is 5.75 Å². The van der Waals surface area contributed by atoms with Crippen molar-refractivity contribution in [1.82, 2.24) is 5.32 Å². The molecule has 3 nitrogen and oxygen atoms in total. The molecule has 0 atom stereocenters. The molecule has 0 spiro atoms. The van der Waals surface area contributed by atoms with E-state index in [9.17, 15) is 4.79 Å². The van der Waals surface area contributed by atoms with Gasteiger partial charge in [-0.1, -0.05) is 12.1 Å². The average molecular weight is 219 g/mol. The summed E-state index contributed by atoms with van der Waals surface area (Å²) in [6.45, 7) is 4.69. The molecule has 16 heavy (non-hydrogen) atoms. The van der Waals surface area contributed by atoms with Crippen molar-refractivity contribution in [3.8, 4) is 5.75 Å². The van der Waals surface area contributed by atoms with Crippen molar-refractivity contribution in [2.24, 2.45) is 0 Å². The normalized spacial score (nSPS) is 13.4. The molecule has 0 bridgehead atoms. The molecule has 2 rings (SSSR count). The molecule has 1 heterocycles. The number of amides is 1. The van der Waals surface area contributed by atoms with E-state index in [0.717, 1.165) is 24.3 Å². The predicted octanol–water partition coefficient (Wildman–Crippen LogP) is 1.69. The van der Waals surface area contributed by atoms with E-state index >= 15 is 0 Å². The molecule has 1 aromatic carbocycles. The van der Waals surface area contributed by atoms with E-state index < -0.39 is 0 Å². The number of hydrogen-bond donors (Lipinski definition) is 1. The second kappa shape index (κ2) is 4.56. The van der Waals surface area contributed by atoms with Gasteiger partial charge in [0.05, 0.1) is 13.0 Å². The van der Waals surface area contributed by atoms with Gasteiger partial charge in [-0.15, -0.1) is 0 Å². The van der Waals surface area contributed by atoms with Gasteiger partial charge < -0.3 is 10.1 Å². The second-order valence-corrected chi connectivity index (χ2v) is 4.44. The number of fused-ring (bicyclic) bond motifs is 1. The number of benzene rings is 1. The van der Waals surface area contributed by atoms with Crippen LogP contribution in [0.15, 0.2) is 18.2 Å². The summed E-state index contributed by atoms with van der Waals surface area (Å²) in [5.74, 6) is 1.04. The van der Waals surface area contributed by atoms with Crippen molar-refractivity contribution in [2.45, 2.75) is 32.7 Å².